The Hall–Kier alpha value is -3.00. The second-order valence-corrected chi connectivity index (χ2v) is 8.01. The van der Waals surface area contributed by atoms with Crippen molar-refractivity contribution < 1.29 is 14.7 Å². The predicted molar refractivity (Wildman–Crippen MR) is 105 cm³/mol. The maximum atomic E-state index is 13.1. The van der Waals surface area contributed by atoms with Gasteiger partial charge in [0.1, 0.15) is 9.88 Å². The maximum Gasteiger partial charge on any atom is 0.308 e. The van der Waals surface area contributed by atoms with Crippen molar-refractivity contribution in [2.45, 2.75) is 12.8 Å². The Morgan fingerprint density at radius 3 is 2.61 bits per heavy atom. The molecule has 1 saturated heterocycles. The highest BCUT2D eigenvalue weighted by atomic mass is 32.1. The van der Waals surface area contributed by atoms with E-state index in [4.69, 9.17) is 0 Å². The number of aliphatic carboxylic acids is 1. The van der Waals surface area contributed by atoms with Crippen molar-refractivity contribution in [3.05, 3.63) is 58.9 Å². The molecule has 1 aliphatic heterocycles. The minimum atomic E-state index is -0.874. The molecule has 0 spiro atoms. The van der Waals surface area contributed by atoms with Crippen molar-refractivity contribution in [2.75, 3.05) is 13.1 Å². The van der Waals surface area contributed by atoms with Gasteiger partial charge in [-0.1, -0.05) is 30.3 Å². The number of carbonyl (C=O) groups excluding carboxylic acids is 1. The van der Waals surface area contributed by atoms with Crippen LogP contribution >= 0.6 is 11.3 Å². The Balaban J connectivity index is 1.60. The van der Waals surface area contributed by atoms with Gasteiger partial charge in [0.15, 0.2) is 0 Å². The zero-order chi connectivity index (χ0) is 19.8. The van der Waals surface area contributed by atoms with Crippen molar-refractivity contribution in [3.8, 4) is 10.6 Å². The van der Waals surface area contributed by atoms with Gasteiger partial charge in [0.2, 0.25) is 0 Å². The van der Waals surface area contributed by atoms with Crippen LogP contribution in [0.2, 0.25) is 0 Å². The third-order valence-electron chi connectivity index (χ3n) is 5.09. The molecule has 4 rings (SSSR count). The number of carbonyl (C=O) groups is 2. The molecule has 0 saturated carbocycles. The van der Waals surface area contributed by atoms with Crippen molar-refractivity contribution in [1.29, 1.82) is 0 Å². The average molecular weight is 396 g/mol. The lowest BCUT2D eigenvalue weighted by atomic mass is 9.89. The number of carboxylic acids is 1. The Morgan fingerprint density at radius 1 is 1.21 bits per heavy atom. The number of carboxylic acid groups (broad SMARTS) is 1. The van der Waals surface area contributed by atoms with E-state index in [0.717, 1.165) is 16.1 Å². The Kier molecular flexibility index (Phi) is 4.72. The monoisotopic (exact) mass is 396 g/mol. The lowest BCUT2D eigenvalue weighted by Gasteiger charge is -2.16. The number of aryl methyl sites for hydroxylation is 2. The minimum Gasteiger partial charge on any atom is -0.481 e. The number of benzene rings is 1. The summed E-state index contributed by atoms with van der Waals surface area (Å²) in [6.45, 7) is 2.40. The first-order valence-corrected chi connectivity index (χ1v) is 9.79. The molecule has 8 heteroatoms. The third-order valence-corrected chi connectivity index (χ3v) is 6.29. The van der Waals surface area contributed by atoms with Gasteiger partial charge >= 0.3 is 5.97 Å². The first kappa shape index (κ1) is 18.4. The van der Waals surface area contributed by atoms with Crippen LogP contribution in [-0.4, -0.2) is 49.7 Å². The minimum absolute atomic E-state index is 0.158. The van der Waals surface area contributed by atoms with Crippen LogP contribution in [-0.2, 0) is 11.8 Å². The van der Waals surface area contributed by atoms with Gasteiger partial charge in [-0.05, 0) is 12.5 Å². The molecule has 0 bridgehead atoms. The van der Waals surface area contributed by atoms with Crippen LogP contribution in [0.4, 0.5) is 0 Å². The number of rotatable bonds is 4. The highest BCUT2D eigenvalue weighted by Gasteiger charge is 2.41. The number of thiazole rings is 1. The summed E-state index contributed by atoms with van der Waals surface area (Å²) in [5.41, 5.74) is 2.47. The Morgan fingerprint density at radius 2 is 1.96 bits per heavy atom. The molecular weight excluding hydrogens is 376 g/mol. The molecular formula is C20H20N4O3S. The fourth-order valence-corrected chi connectivity index (χ4v) is 4.66. The molecule has 0 aliphatic carbocycles. The molecule has 2 aromatic heterocycles. The quantitative estimate of drug-likeness (QED) is 0.733. The zero-order valence-electron chi connectivity index (χ0n) is 15.6. The molecule has 2 atom stereocenters. The van der Waals surface area contributed by atoms with Crippen molar-refractivity contribution in [3.63, 3.8) is 0 Å². The number of likely N-dealkylation sites (tertiary alicyclic amines) is 1. The highest BCUT2D eigenvalue weighted by molar-refractivity contribution is 7.17. The highest BCUT2D eigenvalue weighted by Crippen LogP contribution is 2.35. The molecule has 0 radical (unpaired) electrons. The van der Waals surface area contributed by atoms with Crippen LogP contribution in [0.15, 0.2) is 42.7 Å². The topological polar surface area (TPSA) is 88.3 Å². The number of amides is 1. The van der Waals surface area contributed by atoms with E-state index in [2.05, 4.69) is 10.1 Å². The molecule has 1 N–H and O–H groups in total. The van der Waals surface area contributed by atoms with Gasteiger partial charge in [-0.15, -0.1) is 11.3 Å². The van der Waals surface area contributed by atoms with Crippen molar-refractivity contribution in [1.82, 2.24) is 19.7 Å². The van der Waals surface area contributed by atoms with Gasteiger partial charge in [0, 0.05) is 37.8 Å². The summed E-state index contributed by atoms with van der Waals surface area (Å²) < 4.78 is 1.69. The molecule has 28 heavy (non-hydrogen) atoms. The summed E-state index contributed by atoms with van der Waals surface area (Å²) in [7, 11) is 1.83. The molecule has 144 valence electrons. The fraction of sp³-hybridized carbons (Fsp3) is 0.300. The summed E-state index contributed by atoms with van der Waals surface area (Å²) in [6.07, 6.45) is 3.57. The summed E-state index contributed by atoms with van der Waals surface area (Å²) >= 11 is 1.32. The second-order valence-electron chi connectivity index (χ2n) is 7.01. The van der Waals surface area contributed by atoms with E-state index in [-0.39, 0.29) is 18.4 Å². The maximum absolute atomic E-state index is 13.1. The van der Waals surface area contributed by atoms with Gasteiger partial charge in [-0.3, -0.25) is 14.3 Å². The van der Waals surface area contributed by atoms with E-state index in [1.165, 1.54) is 11.3 Å². The molecule has 1 amide bonds. The average Bonchev–Trinajstić information content (AvgIpc) is 3.40. The summed E-state index contributed by atoms with van der Waals surface area (Å²) in [6, 6.07) is 9.54. The standard InChI is InChI=1S/C20H20N4O3S/c1-12-17(28-18(22-12)14-8-21-23(2)9-14)19(25)24-10-15(16(11-24)20(26)27)13-6-4-3-5-7-13/h3-9,15-16H,10-11H2,1-2H3,(H,26,27). The first-order chi connectivity index (χ1) is 13.4. The van der Waals surface area contributed by atoms with Crippen LogP contribution < -0.4 is 0 Å². The van der Waals surface area contributed by atoms with Crippen LogP contribution in [0.1, 0.15) is 26.8 Å². The lowest BCUT2D eigenvalue weighted by molar-refractivity contribution is -0.141. The van der Waals surface area contributed by atoms with E-state index in [9.17, 15) is 14.7 Å². The number of aromatic nitrogens is 3. The number of hydrogen-bond acceptors (Lipinski definition) is 5. The van der Waals surface area contributed by atoms with E-state index in [1.54, 1.807) is 15.8 Å². The number of hydrogen-bond donors (Lipinski definition) is 1. The Bertz CT molecular complexity index is 1030. The van der Waals surface area contributed by atoms with E-state index in [0.29, 0.717) is 17.1 Å². The fourth-order valence-electron chi connectivity index (χ4n) is 3.65. The first-order valence-electron chi connectivity index (χ1n) is 8.97. The van der Waals surface area contributed by atoms with Gasteiger partial charge in [-0.2, -0.15) is 5.10 Å². The summed E-state index contributed by atoms with van der Waals surface area (Å²) in [4.78, 5) is 31.7. The molecule has 1 aromatic carbocycles. The van der Waals surface area contributed by atoms with Crippen molar-refractivity contribution in [2.24, 2.45) is 13.0 Å². The lowest BCUT2D eigenvalue weighted by Crippen LogP contribution is -2.29. The predicted octanol–water partition coefficient (Wildman–Crippen LogP) is 2.79. The van der Waals surface area contributed by atoms with Gasteiger partial charge in [0.25, 0.3) is 5.91 Å². The number of nitrogens with zero attached hydrogens (tertiary/aromatic N) is 4. The molecule has 1 aliphatic rings. The van der Waals surface area contributed by atoms with Crippen LogP contribution in [0, 0.1) is 12.8 Å². The molecule has 7 nitrogen and oxygen atoms in total. The zero-order valence-corrected chi connectivity index (χ0v) is 16.4. The van der Waals surface area contributed by atoms with E-state index >= 15 is 0 Å². The Labute approximate surface area is 166 Å². The molecule has 3 heterocycles. The molecule has 2 unspecified atom stereocenters. The van der Waals surface area contributed by atoms with Gasteiger partial charge < -0.3 is 10.0 Å². The van der Waals surface area contributed by atoms with Gasteiger partial charge in [-0.25, -0.2) is 4.98 Å². The SMILES string of the molecule is Cc1nc(-c2cnn(C)c2)sc1C(=O)N1CC(C(=O)O)C(c2ccccc2)C1. The van der Waals surface area contributed by atoms with E-state index < -0.39 is 11.9 Å². The normalized spacial score (nSPS) is 19.1. The summed E-state index contributed by atoms with van der Waals surface area (Å²) in [5.74, 6) is -1.86. The van der Waals surface area contributed by atoms with Crippen LogP contribution in [0.5, 0.6) is 0 Å². The van der Waals surface area contributed by atoms with Crippen LogP contribution in [0.25, 0.3) is 10.6 Å². The molecule has 1 fully saturated rings. The molecule has 3 aromatic rings. The van der Waals surface area contributed by atoms with Crippen LogP contribution in [0.3, 0.4) is 0 Å². The summed E-state index contributed by atoms with van der Waals surface area (Å²) in [5, 5.41) is 14.6. The van der Waals surface area contributed by atoms with E-state index in [1.807, 2.05) is 50.5 Å². The van der Waals surface area contributed by atoms with Gasteiger partial charge in [0.05, 0.1) is 17.8 Å². The third kappa shape index (κ3) is 3.31. The smallest absolute Gasteiger partial charge is 0.308 e. The van der Waals surface area contributed by atoms with Crippen molar-refractivity contribution >= 4 is 23.2 Å². The largest absolute Gasteiger partial charge is 0.481 e. The second kappa shape index (κ2) is 7.20.